The molecular weight excluding hydrogens is 352 g/mol. The number of anilines is 1. The Kier molecular flexibility index (Phi) is 4.50. The Morgan fingerprint density at radius 1 is 1.33 bits per heavy atom. The Balaban J connectivity index is 1.55. The number of halogens is 1. The predicted molar refractivity (Wildman–Crippen MR) is 86.8 cm³/mol. The maximum absolute atomic E-state index is 12.2. The van der Waals surface area contributed by atoms with Crippen molar-refractivity contribution in [1.29, 1.82) is 0 Å². The second-order valence-electron chi connectivity index (χ2n) is 4.88. The van der Waals surface area contributed by atoms with Crippen LogP contribution in [0.3, 0.4) is 0 Å². The number of hydrogen-bond donors (Lipinski definition) is 1. The molecule has 0 bridgehead atoms. The lowest BCUT2D eigenvalue weighted by atomic mass is 10.1. The van der Waals surface area contributed by atoms with E-state index >= 15 is 0 Å². The standard InChI is InChI=1S/C14H15BrN4OS/c15-11-4-9-21-12(11)13(20)18-10-2-7-19(8-3-10)14-16-5-1-6-17-14/h1,4-6,9-10H,2-3,7-8H2,(H,18,20). The summed E-state index contributed by atoms with van der Waals surface area (Å²) in [6.45, 7) is 1.72. The van der Waals surface area contributed by atoms with Crippen LogP contribution >= 0.6 is 27.3 Å². The molecule has 0 saturated carbocycles. The summed E-state index contributed by atoms with van der Waals surface area (Å²) in [4.78, 5) is 23.6. The van der Waals surface area contributed by atoms with Crippen LogP contribution in [0.4, 0.5) is 5.95 Å². The fraction of sp³-hybridized carbons (Fsp3) is 0.357. The molecule has 5 nitrogen and oxygen atoms in total. The SMILES string of the molecule is O=C(NC1CCN(c2ncccn2)CC1)c1sccc1Br. The molecule has 0 aliphatic carbocycles. The summed E-state index contributed by atoms with van der Waals surface area (Å²) in [5.74, 6) is 0.773. The Bertz CT molecular complexity index is 610. The minimum absolute atomic E-state index is 0.00582. The van der Waals surface area contributed by atoms with Gasteiger partial charge in [-0.25, -0.2) is 9.97 Å². The van der Waals surface area contributed by atoms with Crippen molar-refractivity contribution < 1.29 is 4.79 Å². The van der Waals surface area contributed by atoms with Crippen LogP contribution in [0.15, 0.2) is 34.4 Å². The molecule has 7 heteroatoms. The zero-order valence-corrected chi connectivity index (χ0v) is 13.7. The number of carbonyl (C=O) groups is 1. The highest BCUT2D eigenvalue weighted by molar-refractivity contribution is 9.10. The summed E-state index contributed by atoms with van der Waals surface area (Å²) in [6.07, 6.45) is 5.33. The minimum Gasteiger partial charge on any atom is -0.348 e. The monoisotopic (exact) mass is 366 g/mol. The van der Waals surface area contributed by atoms with Gasteiger partial charge < -0.3 is 10.2 Å². The third kappa shape index (κ3) is 3.41. The Labute approximate surface area is 135 Å². The molecule has 3 rings (SSSR count). The largest absolute Gasteiger partial charge is 0.348 e. The van der Waals surface area contributed by atoms with Crippen LogP contribution in [0.2, 0.25) is 0 Å². The van der Waals surface area contributed by atoms with Gasteiger partial charge in [-0.2, -0.15) is 0 Å². The number of rotatable bonds is 3. The highest BCUT2D eigenvalue weighted by atomic mass is 79.9. The van der Waals surface area contributed by atoms with Crippen LogP contribution in [-0.2, 0) is 0 Å². The number of nitrogens with zero attached hydrogens (tertiary/aromatic N) is 3. The summed E-state index contributed by atoms with van der Waals surface area (Å²) < 4.78 is 0.861. The van der Waals surface area contributed by atoms with Gasteiger partial charge >= 0.3 is 0 Å². The molecule has 0 spiro atoms. The summed E-state index contributed by atoms with van der Waals surface area (Å²) in [5.41, 5.74) is 0. The van der Waals surface area contributed by atoms with Crippen molar-refractivity contribution in [2.24, 2.45) is 0 Å². The fourth-order valence-corrected chi connectivity index (χ4v) is 3.84. The number of aromatic nitrogens is 2. The van der Waals surface area contributed by atoms with Crippen molar-refractivity contribution in [3.8, 4) is 0 Å². The van der Waals surface area contributed by atoms with E-state index in [0.29, 0.717) is 0 Å². The van der Waals surface area contributed by atoms with E-state index in [1.54, 1.807) is 12.4 Å². The van der Waals surface area contributed by atoms with Crippen LogP contribution < -0.4 is 10.2 Å². The smallest absolute Gasteiger partial charge is 0.262 e. The maximum Gasteiger partial charge on any atom is 0.262 e. The van der Waals surface area contributed by atoms with Gasteiger partial charge in [0, 0.05) is 36.0 Å². The Morgan fingerprint density at radius 3 is 2.67 bits per heavy atom. The van der Waals surface area contributed by atoms with Crippen molar-refractivity contribution in [2.75, 3.05) is 18.0 Å². The zero-order chi connectivity index (χ0) is 14.7. The van der Waals surface area contributed by atoms with Crippen molar-refractivity contribution in [2.45, 2.75) is 18.9 Å². The molecule has 0 aromatic carbocycles. The Hall–Kier alpha value is -1.47. The molecule has 1 fully saturated rings. The van der Waals surface area contributed by atoms with E-state index < -0.39 is 0 Å². The van der Waals surface area contributed by atoms with Gasteiger partial charge in [0.15, 0.2) is 0 Å². The molecule has 0 radical (unpaired) electrons. The van der Waals surface area contributed by atoms with Gasteiger partial charge in [-0.15, -0.1) is 11.3 Å². The van der Waals surface area contributed by atoms with E-state index in [4.69, 9.17) is 0 Å². The number of nitrogens with one attached hydrogen (secondary N) is 1. The molecule has 0 unspecified atom stereocenters. The first-order chi connectivity index (χ1) is 10.2. The van der Waals surface area contributed by atoms with E-state index in [1.807, 2.05) is 17.5 Å². The predicted octanol–water partition coefficient (Wildman–Crippen LogP) is 2.70. The summed E-state index contributed by atoms with van der Waals surface area (Å²) in [7, 11) is 0. The van der Waals surface area contributed by atoms with Gasteiger partial charge in [0.05, 0.1) is 0 Å². The molecule has 110 valence electrons. The lowest BCUT2D eigenvalue weighted by Gasteiger charge is -2.32. The molecule has 3 heterocycles. The lowest BCUT2D eigenvalue weighted by molar-refractivity contribution is 0.0934. The Morgan fingerprint density at radius 2 is 2.05 bits per heavy atom. The number of thiophene rings is 1. The zero-order valence-electron chi connectivity index (χ0n) is 11.3. The summed E-state index contributed by atoms with van der Waals surface area (Å²) in [5, 5.41) is 5.02. The minimum atomic E-state index is 0.00582. The van der Waals surface area contributed by atoms with E-state index in [2.05, 4.69) is 36.1 Å². The topological polar surface area (TPSA) is 58.1 Å². The van der Waals surface area contributed by atoms with E-state index in [-0.39, 0.29) is 11.9 Å². The fourth-order valence-electron chi connectivity index (χ4n) is 2.39. The summed E-state index contributed by atoms with van der Waals surface area (Å²) >= 11 is 4.85. The molecular formula is C14H15BrN4OS. The van der Waals surface area contributed by atoms with Crippen LogP contribution in [0.25, 0.3) is 0 Å². The number of carbonyl (C=O) groups excluding carboxylic acids is 1. The van der Waals surface area contributed by atoms with Gasteiger partial charge in [0.1, 0.15) is 4.88 Å². The van der Waals surface area contributed by atoms with Crippen molar-refractivity contribution in [1.82, 2.24) is 15.3 Å². The lowest BCUT2D eigenvalue weighted by Crippen LogP contribution is -2.45. The third-order valence-electron chi connectivity index (χ3n) is 3.49. The highest BCUT2D eigenvalue weighted by Crippen LogP contribution is 2.23. The molecule has 2 aromatic heterocycles. The van der Waals surface area contributed by atoms with E-state index in [1.165, 1.54) is 11.3 Å². The molecule has 0 atom stereocenters. The number of piperidine rings is 1. The molecule has 2 aromatic rings. The van der Waals surface area contributed by atoms with Crippen LogP contribution in [-0.4, -0.2) is 35.0 Å². The molecule has 1 saturated heterocycles. The average Bonchev–Trinajstić information content (AvgIpc) is 2.95. The maximum atomic E-state index is 12.2. The molecule has 1 N–H and O–H groups in total. The van der Waals surface area contributed by atoms with Crippen molar-refractivity contribution >= 4 is 39.1 Å². The van der Waals surface area contributed by atoms with E-state index in [9.17, 15) is 4.79 Å². The molecule has 1 amide bonds. The number of hydrogen-bond acceptors (Lipinski definition) is 5. The second-order valence-corrected chi connectivity index (χ2v) is 6.65. The van der Waals surface area contributed by atoms with Gasteiger partial charge in [-0.05, 0) is 46.3 Å². The quantitative estimate of drug-likeness (QED) is 0.906. The second kappa shape index (κ2) is 6.53. The van der Waals surface area contributed by atoms with Gasteiger partial charge in [0.25, 0.3) is 5.91 Å². The van der Waals surface area contributed by atoms with Crippen LogP contribution in [0.5, 0.6) is 0 Å². The van der Waals surface area contributed by atoms with Gasteiger partial charge in [0.2, 0.25) is 5.95 Å². The average molecular weight is 367 g/mol. The van der Waals surface area contributed by atoms with Crippen molar-refractivity contribution in [3.05, 3.63) is 39.3 Å². The van der Waals surface area contributed by atoms with Gasteiger partial charge in [-0.1, -0.05) is 0 Å². The third-order valence-corrected chi connectivity index (χ3v) is 5.33. The molecule has 1 aliphatic heterocycles. The first kappa shape index (κ1) is 14.5. The molecule has 21 heavy (non-hydrogen) atoms. The number of amides is 1. The summed E-state index contributed by atoms with van der Waals surface area (Å²) in [6, 6.07) is 3.93. The van der Waals surface area contributed by atoms with Crippen LogP contribution in [0, 0.1) is 0 Å². The first-order valence-electron chi connectivity index (χ1n) is 6.80. The normalized spacial score (nSPS) is 16.0. The van der Waals surface area contributed by atoms with Crippen molar-refractivity contribution in [3.63, 3.8) is 0 Å². The molecule has 1 aliphatic rings. The van der Waals surface area contributed by atoms with E-state index in [0.717, 1.165) is 41.2 Å². The van der Waals surface area contributed by atoms with Crippen LogP contribution in [0.1, 0.15) is 22.5 Å². The highest BCUT2D eigenvalue weighted by Gasteiger charge is 2.23. The van der Waals surface area contributed by atoms with Gasteiger partial charge in [-0.3, -0.25) is 4.79 Å². The first-order valence-corrected chi connectivity index (χ1v) is 8.47.